The van der Waals surface area contributed by atoms with Gasteiger partial charge in [-0.2, -0.15) is 0 Å². The smallest absolute Gasteiger partial charge is 0.306 e. The van der Waals surface area contributed by atoms with E-state index in [0.29, 0.717) is 12.1 Å². The van der Waals surface area contributed by atoms with Crippen LogP contribution in [0.5, 0.6) is 0 Å². The molecule has 0 radical (unpaired) electrons. The van der Waals surface area contributed by atoms with Crippen molar-refractivity contribution < 1.29 is 22.7 Å². The Bertz CT molecular complexity index is 717. The number of esters is 1. The maximum Gasteiger partial charge on any atom is 0.306 e. The molecule has 0 unspecified atom stereocenters. The van der Waals surface area contributed by atoms with Gasteiger partial charge < -0.3 is 10.1 Å². The molecule has 8 heteroatoms. The lowest BCUT2D eigenvalue weighted by atomic mass is 10.1. The summed E-state index contributed by atoms with van der Waals surface area (Å²) in [5, 5.41) is 2.63. The second-order valence-electron chi connectivity index (χ2n) is 5.65. The Labute approximate surface area is 143 Å². The number of rotatable bonds is 5. The summed E-state index contributed by atoms with van der Waals surface area (Å²) in [7, 11) is -3.01. The zero-order chi connectivity index (χ0) is 17.0. The Balaban J connectivity index is 1.75. The third-order valence-corrected chi connectivity index (χ3v) is 6.29. The fourth-order valence-corrected chi connectivity index (χ4v) is 4.58. The molecule has 1 aromatic rings. The molecule has 1 fully saturated rings. The third-order valence-electron chi connectivity index (χ3n) is 3.60. The summed E-state index contributed by atoms with van der Waals surface area (Å²) in [6, 6.07) is 5.37. The number of halogens is 1. The number of amides is 1. The molecule has 1 saturated heterocycles. The average Bonchev–Trinajstić information content (AvgIpc) is 2.80. The molecule has 0 saturated carbocycles. The summed E-state index contributed by atoms with van der Waals surface area (Å²) in [6.45, 7) is 1.55. The first-order valence-electron chi connectivity index (χ1n) is 7.17. The van der Waals surface area contributed by atoms with Gasteiger partial charge in [-0.05, 0) is 37.0 Å². The number of aryl methyl sites for hydroxylation is 1. The Morgan fingerprint density at radius 2 is 2.13 bits per heavy atom. The van der Waals surface area contributed by atoms with E-state index in [1.807, 2.05) is 13.0 Å². The first-order valence-corrected chi connectivity index (χ1v) is 9.78. The molecule has 0 aromatic heterocycles. The van der Waals surface area contributed by atoms with E-state index in [9.17, 15) is 18.0 Å². The average molecular weight is 404 g/mol. The van der Waals surface area contributed by atoms with Crippen LogP contribution in [-0.2, 0) is 24.2 Å². The summed E-state index contributed by atoms with van der Waals surface area (Å²) in [5.74, 6) is -1.05. The number of nitrogens with one attached hydrogen (secondary N) is 1. The zero-order valence-corrected chi connectivity index (χ0v) is 15.1. The summed E-state index contributed by atoms with van der Waals surface area (Å²) in [4.78, 5) is 23.4. The van der Waals surface area contributed by atoms with E-state index < -0.39 is 21.7 Å². The van der Waals surface area contributed by atoms with Gasteiger partial charge in [-0.25, -0.2) is 8.42 Å². The van der Waals surface area contributed by atoms with Gasteiger partial charge in [0.25, 0.3) is 5.91 Å². The van der Waals surface area contributed by atoms with Crippen molar-refractivity contribution in [3.63, 3.8) is 0 Å². The van der Waals surface area contributed by atoms with E-state index in [4.69, 9.17) is 4.74 Å². The number of hydrogen-bond donors (Lipinski definition) is 1. The minimum atomic E-state index is -3.01. The van der Waals surface area contributed by atoms with E-state index >= 15 is 0 Å². The number of carbonyl (C=O) groups excluding carboxylic acids is 2. The lowest BCUT2D eigenvalue weighted by Gasteiger charge is -2.09. The molecule has 2 rings (SSSR count). The number of anilines is 1. The van der Waals surface area contributed by atoms with Crippen LogP contribution in [0, 0.1) is 12.8 Å². The lowest BCUT2D eigenvalue weighted by Crippen LogP contribution is -2.22. The highest BCUT2D eigenvalue weighted by molar-refractivity contribution is 9.10. The molecular weight excluding hydrogens is 386 g/mol. The number of carbonyl (C=O) groups is 2. The fraction of sp³-hybridized carbons (Fsp3) is 0.467. The standard InChI is InChI=1S/C15H18BrNO5S/c1-10-2-3-12(7-13(10)16)17-14(18)8-22-15(19)6-11-4-5-23(20,21)9-11/h2-3,7,11H,4-6,8-9H2,1H3,(H,17,18)/t11-/m1/s1. The van der Waals surface area contributed by atoms with Crippen LogP contribution in [0.4, 0.5) is 5.69 Å². The molecule has 126 valence electrons. The number of benzene rings is 1. The van der Waals surface area contributed by atoms with Crippen LogP contribution >= 0.6 is 15.9 Å². The Morgan fingerprint density at radius 3 is 2.74 bits per heavy atom. The molecule has 0 spiro atoms. The predicted octanol–water partition coefficient (Wildman–Crippen LogP) is 2.06. The highest BCUT2D eigenvalue weighted by Gasteiger charge is 2.29. The van der Waals surface area contributed by atoms with Gasteiger partial charge in [0.05, 0.1) is 11.5 Å². The molecule has 1 aliphatic heterocycles. The van der Waals surface area contributed by atoms with E-state index in [1.165, 1.54) is 0 Å². The van der Waals surface area contributed by atoms with Crippen molar-refractivity contribution in [3.05, 3.63) is 28.2 Å². The van der Waals surface area contributed by atoms with Crippen LogP contribution in [0.1, 0.15) is 18.4 Å². The number of sulfone groups is 1. The van der Waals surface area contributed by atoms with Gasteiger partial charge in [-0.3, -0.25) is 9.59 Å². The van der Waals surface area contributed by atoms with Gasteiger partial charge in [0, 0.05) is 16.6 Å². The maximum absolute atomic E-state index is 11.8. The molecule has 1 amide bonds. The molecular formula is C15H18BrNO5S. The van der Waals surface area contributed by atoms with Gasteiger partial charge in [0.2, 0.25) is 0 Å². The summed E-state index contributed by atoms with van der Waals surface area (Å²) in [5.41, 5.74) is 1.64. The zero-order valence-electron chi connectivity index (χ0n) is 12.7. The Morgan fingerprint density at radius 1 is 1.39 bits per heavy atom. The minimum Gasteiger partial charge on any atom is -0.456 e. The molecule has 0 aliphatic carbocycles. The van der Waals surface area contributed by atoms with Gasteiger partial charge in [-0.1, -0.05) is 22.0 Å². The molecule has 1 atom stereocenters. The summed E-state index contributed by atoms with van der Waals surface area (Å²) >= 11 is 3.37. The molecule has 23 heavy (non-hydrogen) atoms. The molecule has 1 aliphatic rings. The van der Waals surface area contributed by atoms with E-state index in [-0.39, 0.29) is 30.5 Å². The third kappa shape index (κ3) is 5.62. The molecule has 1 heterocycles. The van der Waals surface area contributed by atoms with Gasteiger partial charge in [0.15, 0.2) is 16.4 Å². The highest BCUT2D eigenvalue weighted by atomic mass is 79.9. The van der Waals surface area contributed by atoms with Gasteiger partial charge in [-0.15, -0.1) is 0 Å². The first-order chi connectivity index (χ1) is 10.7. The maximum atomic E-state index is 11.8. The van der Waals surface area contributed by atoms with Crippen molar-refractivity contribution in [2.45, 2.75) is 19.8 Å². The predicted molar refractivity (Wildman–Crippen MR) is 89.8 cm³/mol. The molecule has 1 aromatic carbocycles. The van der Waals surface area contributed by atoms with Crippen LogP contribution in [0.25, 0.3) is 0 Å². The van der Waals surface area contributed by atoms with Crippen LogP contribution in [0.2, 0.25) is 0 Å². The second kappa shape index (κ2) is 7.44. The van der Waals surface area contributed by atoms with Crippen LogP contribution in [0.3, 0.4) is 0 Å². The SMILES string of the molecule is Cc1ccc(NC(=O)COC(=O)C[C@H]2CCS(=O)(=O)C2)cc1Br. The van der Waals surface area contributed by atoms with Crippen LogP contribution in [-0.4, -0.2) is 38.4 Å². The fourth-order valence-electron chi connectivity index (χ4n) is 2.34. The van der Waals surface area contributed by atoms with Crippen molar-refractivity contribution in [1.82, 2.24) is 0 Å². The first kappa shape index (κ1) is 17.9. The van der Waals surface area contributed by atoms with Crippen molar-refractivity contribution >= 4 is 43.3 Å². The van der Waals surface area contributed by atoms with E-state index in [0.717, 1.165) is 10.0 Å². The summed E-state index contributed by atoms with van der Waals surface area (Å²) < 4.78 is 28.4. The quantitative estimate of drug-likeness (QED) is 0.759. The summed E-state index contributed by atoms with van der Waals surface area (Å²) in [6.07, 6.45) is 0.504. The monoisotopic (exact) mass is 403 g/mol. The van der Waals surface area contributed by atoms with Crippen molar-refractivity contribution in [3.8, 4) is 0 Å². The Hall–Kier alpha value is -1.41. The van der Waals surface area contributed by atoms with E-state index in [2.05, 4.69) is 21.2 Å². The van der Waals surface area contributed by atoms with Crippen LogP contribution in [0.15, 0.2) is 22.7 Å². The van der Waals surface area contributed by atoms with Gasteiger partial charge in [0.1, 0.15) is 0 Å². The van der Waals surface area contributed by atoms with Crippen molar-refractivity contribution in [2.24, 2.45) is 5.92 Å². The Kier molecular flexibility index (Phi) is 5.80. The van der Waals surface area contributed by atoms with Crippen molar-refractivity contribution in [2.75, 3.05) is 23.4 Å². The van der Waals surface area contributed by atoms with Gasteiger partial charge >= 0.3 is 5.97 Å². The number of hydrogen-bond acceptors (Lipinski definition) is 5. The van der Waals surface area contributed by atoms with Crippen LogP contribution < -0.4 is 5.32 Å². The molecule has 0 bridgehead atoms. The normalized spacial score (nSPS) is 19.3. The highest BCUT2D eigenvalue weighted by Crippen LogP contribution is 2.22. The molecule has 6 nitrogen and oxygen atoms in total. The lowest BCUT2D eigenvalue weighted by molar-refractivity contribution is -0.148. The second-order valence-corrected chi connectivity index (χ2v) is 8.73. The largest absolute Gasteiger partial charge is 0.456 e. The minimum absolute atomic E-state index is 0.0195. The van der Waals surface area contributed by atoms with E-state index in [1.54, 1.807) is 12.1 Å². The molecule has 1 N–H and O–H groups in total. The number of ether oxygens (including phenoxy) is 1. The van der Waals surface area contributed by atoms with Crippen molar-refractivity contribution in [1.29, 1.82) is 0 Å². The topological polar surface area (TPSA) is 89.5 Å².